The molecule has 2 heterocycles. The van der Waals surface area contributed by atoms with Gasteiger partial charge in [-0.15, -0.1) is 0 Å². The number of halogens is 1. The highest BCUT2D eigenvalue weighted by Gasteiger charge is 2.32. The number of fused-ring (bicyclic) bond motifs is 1. The van der Waals surface area contributed by atoms with E-state index in [-0.39, 0.29) is 23.9 Å². The summed E-state index contributed by atoms with van der Waals surface area (Å²) in [4.78, 5) is 31.7. The molecule has 3 unspecified atom stereocenters. The second-order valence-corrected chi connectivity index (χ2v) is 12.4. The zero-order valence-corrected chi connectivity index (χ0v) is 25.6. The highest BCUT2D eigenvalue weighted by atomic mass is 35.5. The molecule has 2 N–H and O–H groups in total. The van der Waals surface area contributed by atoms with Crippen molar-refractivity contribution in [2.24, 2.45) is 0 Å². The van der Waals surface area contributed by atoms with Gasteiger partial charge in [-0.3, -0.25) is 9.59 Å². The third-order valence-electron chi connectivity index (χ3n) is 9.00. The normalized spacial score (nSPS) is 21.1. The van der Waals surface area contributed by atoms with Crippen LogP contribution in [0.5, 0.6) is 0 Å². The summed E-state index contributed by atoms with van der Waals surface area (Å²) in [5, 5.41) is 9.50. The molecule has 224 valence electrons. The molecule has 3 atom stereocenters. The Balaban J connectivity index is 1.26. The van der Waals surface area contributed by atoms with Crippen molar-refractivity contribution in [1.29, 1.82) is 0 Å². The minimum Gasteiger partial charge on any atom is -0.350 e. The van der Waals surface area contributed by atoms with E-state index < -0.39 is 0 Å². The van der Waals surface area contributed by atoms with Gasteiger partial charge in [-0.05, 0) is 85.8 Å². The standard InChI is InChI=1S/C35H45ClN4O2/c1-2-26(27-10-6-5-7-11-27)25-40-21-16-32(38-33(35(40)42)17-20-39-18-8-3-4-9-19-39)24-37-34(41)30-13-12-29-23-31(36)15-14-28(29)22-30/h5-7,10-15,22-23,26,32-33,38H,2-4,8-9,16-21,24-25H2,1H3,(H,37,41). The fourth-order valence-electron chi connectivity index (χ4n) is 6.44. The van der Waals surface area contributed by atoms with Crippen LogP contribution in [-0.4, -0.2) is 73.0 Å². The molecule has 0 spiro atoms. The molecule has 0 aromatic heterocycles. The van der Waals surface area contributed by atoms with Crippen molar-refractivity contribution in [2.75, 3.05) is 39.3 Å². The number of hydrogen-bond acceptors (Lipinski definition) is 4. The highest BCUT2D eigenvalue weighted by molar-refractivity contribution is 6.31. The number of amides is 2. The molecule has 0 aliphatic carbocycles. The molecule has 3 aromatic carbocycles. The average Bonchev–Trinajstić information content (AvgIpc) is 3.37. The quantitative estimate of drug-likeness (QED) is 0.294. The number of nitrogens with one attached hydrogen (secondary N) is 2. The summed E-state index contributed by atoms with van der Waals surface area (Å²) < 4.78 is 0. The van der Waals surface area contributed by atoms with Crippen LogP contribution in [0.1, 0.15) is 73.7 Å². The van der Waals surface area contributed by atoms with Gasteiger partial charge in [-0.25, -0.2) is 0 Å². The number of rotatable bonds is 10. The van der Waals surface area contributed by atoms with Gasteiger partial charge in [0, 0.05) is 48.7 Å². The Kier molecular flexibility index (Phi) is 10.9. The van der Waals surface area contributed by atoms with Crippen molar-refractivity contribution < 1.29 is 9.59 Å². The smallest absolute Gasteiger partial charge is 0.251 e. The van der Waals surface area contributed by atoms with E-state index in [1.165, 1.54) is 31.2 Å². The van der Waals surface area contributed by atoms with Crippen molar-refractivity contribution in [3.8, 4) is 0 Å². The van der Waals surface area contributed by atoms with Gasteiger partial charge in [-0.1, -0.05) is 73.8 Å². The van der Waals surface area contributed by atoms with Crippen LogP contribution >= 0.6 is 11.6 Å². The minimum absolute atomic E-state index is 0.0214. The monoisotopic (exact) mass is 588 g/mol. The zero-order valence-electron chi connectivity index (χ0n) is 24.9. The zero-order chi connectivity index (χ0) is 29.3. The van der Waals surface area contributed by atoms with Crippen LogP contribution in [0.2, 0.25) is 5.02 Å². The van der Waals surface area contributed by atoms with E-state index >= 15 is 0 Å². The third-order valence-corrected chi connectivity index (χ3v) is 9.24. The van der Waals surface area contributed by atoms with Gasteiger partial charge in [0.25, 0.3) is 5.91 Å². The molecule has 2 saturated heterocycles. The summed E-state index contributed by atoms with van der Waals surface area (Å²) in [6.45, 7) is 7.26. The van der Waals surface area contributed by atoms with Gasteiger partial charge in [0.15, 0.2) is 0 Å². The minimum atomic E-state index is -0.253. The number of carbonyl (C=O) groups excluding carboxylic acids is 2. The number of hydrogen-bond donors (Lipinski definition) is 2. The molecule has 7 heteroatoms. The molecule has 0 saturated carbocycles. The number of benzene rings is 3. The van der Waals surface area contributed by atoms with Gasteiger partial charge in [0.05, 0.1) is 6.04 Å². The van der Waals surface area contributed by atoms with Crippen LogP contribution < -0.4 is 10.6 Å². The second kappa shape index (κ2) is 15.0. The van der Waals surface area contributed by atoms with Crippen molar-refractivity contribution >= 4 is 34.2 Å². The SMILES string of the molecule is CCC(CN1CCC(CNC(=O)c2ccc3cc(Cl)ccc3c2)NC(CCN2CCCCCC2)C1=O)c1ccccc1. The highest BCUT2D eigenvalue weighted by Crippen LogP contribution is 2.24. The predicted octanol–water partition coefficient (Wildman–Crippen LogP) is 6.24. The van der Waals surface area contributed by atoms with Crippen LogP contribution in [0.3, 0.4) is 0 Å². The maximum atomic E-state index is 14.0. The van der Waals surface area contributed by atoms with E-state index in [0.717, 1.165) is 56.2 Å². The first-order chi connectivity index (χ1) is 20.5. The van der Waals surface area contributed by atoms with Crippen molar-refractivity contribution in [3.05, 3.63) is 82.9 Å². The molecule has 2 fully saturated rings. The molecule has 6 nitrogen and oxygen atoms in total. The lowest BCUT2D eigenvalue weighted by Crippen LogP contribution is -2.50. The Hall–Kier alpha value is -2.93. The van der Waals surface area contributed by atoms with Gasteiger partial charge in [-0.2, -0.15) is 0 Å². The molecule has 2 aliphatic rings. The molecule has 0 bridgehead atoms. The van der Waals surface area contributed by atoms with Gasteiger partial charge < -0.3 is 20.4 Å². The number of carbonyl (C=O) groups is 2. The van der Waals surface area contributed by atoms with Crippen molar-refractivity contribution in [3.63, 3.8) is 0 Å². The summed E-state index contributed by atoms with van der Waals surface area (Å²) in [5.41, 5.74) is 1.91. The first-order valence-corrected chi connectivity index (χ1v) is 16.2. The van der Waals surface area contributed by atoms with E-state index in [1.54, 1.807) is 0 Å². The van der Waals surface area contributed by atoms with Crippen LogP contribution in [0.25, 0.3) is 10.8 Å². The summed E-state index contributed by atoms with van der Waals surface area (Å²) in [7, 11) is 0. The van der Waals surface area contributed by atoms with Crippen LogP contribution in [0, 0.1) is 0 Å². The molecule has 5 rings (SSSR count). The lowest BCUT2D eigenvalue weighted by atomic mass is 9.95. The largest absolute Gasteiger partial charge is 0.350 e. The molecule has 0 radical (unpaired) electrons. The van der Waals surface area contributed by atoms with Gasteiger partial charge >= 0.3 is 0 Å². The van der Waals surface area contributed by atoms with Crippen LogP contribution in [0.4, 0.5) is 0 Å². The molecule has 3 aromatic rings. The number of nitrogens with zero attached hydrogens (tertiary/aromatic N) is 2. The number of likely N-dealkylation sites (tertiary alicyclic amines) is 1. The maximum absolute atomic E-state index is 14.0. The Labute approximate surface area is 255 Å². The van der Waals surface area contributed by atoms with Crippen LogP contribution in [0.15, 0.2) is 66.7 Å². The Morgan fingerprint density at radius 1 is 0.976 bits per heavy atom. The molecule has 2 aliphatic heterocycles. The van der Waals surface area contributed by atoms with E-state index in [0.29, 0.717) is 29.6 Å². The van der Waals surface area contributed by atoms with E-state index in [1.807, 2.05) is 42.5 Å². The Morgan fingerprint density at radius 2 is 1.71 bits per heavy atom. The molecular formula is C35H45ClN4O2. The third kappa shape index (κ3) is 8.12. The summed E-state index contributed by atoms with van der Waals surface area (Å²) in [6, 6.07) is 21.7. The topological polar surface area (TPSA) is 64.7 Å². The van der Waals surface area contributed by atoms with Gasteiger partial charge in [0.1, 0.15) is 0 Å². The van der Waals surface area contributed by atoms with E-state index in [4.69, 9.17) is 11.6 Å². The van der Waals surface area contributed by atoms with E-state index in [2.05, 4.69) is 51.6 Å². The second-order valence-electron chi connectivity index (χ2n) is 12.0. The average molecular weight is 589 g/mol. The predicted molar refractivity (Wildman–Crippen MR) is 172 cm³/mol. The summed E-state index contributed by atoms with van der Waals surface area (Å²) >= 11 is 6.13. The summed E-state index contributed by atoms with van der Waals surface area (Å²) in [5.74, 6) is 0.402. The molecule has 42 heavy (non-hydrogen) atoms. The Bertz CT molecular complexity index is 1330. The van der Waals surface area contributed by atoms with Crippen molar-refractivity contribution in [1.82, 2.24) is 20.4 Å². The van der Waals surface area contributed by atoms with E-state index in [9.17, 15) is 9.59 Å². The van der Waals surface area contributed by atoms with Crippen molar-refractivity contribution in [2.45, 2.75) is 69.9 Å². The lowest BCUT2D eigenvalue weighted by Gasteiger charge is -2.29. The fourth-order valence-corrected chi connectivity index (χ4v) is 6.62. The van der Waals surface area contributed by atoms with Gasteiger partial charge in [0.2, 0.25) is 5.91 Å². The summed E-state index contributed by atoms with van der Waals surface area (Å²) in [6.07, 6.45) is 7.65. The lowest BCUT2D eigenvalue weighted by molar-refractivity contribution is -0.133. The molecular weight excluding hydrogens is 544 g/mol. The maximum Gasteiger partial charge on any atom is 0.251 e. The fraction of sp³-hybridized carbons (Fsp3) is 0.486. The first-order valence-electron chi connectivity index (χ1n) is 15.8. The first kappa shape index (κ1) is 30.5. The van der Waals surface area contributed by atoms with Crippen LogP contribution in [-0.2, 0) is 4.79 Å². The molecule has 2 amide bonds. The Morgan fingerprint density at radius 3 is 2.48 bits per heavy atom.